The molecule has 0 aromatic carbocycles. The molecule has 2 atom stereocenters. The van der Waals surface area contributed by atoms with Gasteiger partial charge >= 0.3 is 0 Å². The lowest BCUT2D eigenvalue weighted by Crippen LogP contribution is -2.48. The normalized spacial score (nSPS) is 33.5. The Balaban J connectivity index is 1.88. The van der Waals surface area contributed by atoms with Crippen molar-refractivity contribution in [1.29, 1.82) is 0 Å². The van der Waals surface area contributed by atoms with Gasteiger partial charge in [-0.2, -0.15) is 17.9 Å². The van der Waals surface area contributed by atoms with E-state index in [2.05, 4.69) is 9.44 Å². The highest BCUT2D eigenvalue weighted by Gasteiger charge is 2.31. The van der Waals surface area contributed by atoms with E-state index in [1.165, 1.54) is 0 Å². The molecule has 4 N–H and O–H groups in total. The van der Waals surface area contributed by atoms with Gasteiger partial charge in [0.25, 0.3) is 10.2 Å². The number of hydrogen-bond acceptors (Lipinski definition) is 3. The Bertz CT molecular complexity index is 300. The molecule has 0 spiro atoms. The zero-order chi connectivity index (χ0) is 10.2. The molecule has 2 unspecified atom stereocenters. The molecule has 2 saturated carbocycles. The van der Waals surface area contributed by atoms with E-state index >= 15 is 0 Å². The van der Waals surface area contributed by atoms with Crippen LogP contribution in [0.3, 0.4) is 0 Å². The summed E-state index contributed by atoms with van der Waals surface area (Å²) in [5.74, 6) is 0. The molecule has 0 saturated heterocycles. The lowest BCUT2D eigenvalue weighted by molar-refractivity contribution is 0.513. The molecule has 0 amide bonds. The van der Waals surface area contributed by atoms with Gasteiger partial charge in [0.15, 0.2) is 0 Å². The van der Waals surface area contributed by atoms with Crippen molar-refractivity contribution in [2.45, 2.75) is 50.2 Å². The minimum atomic E-state index is -3.31. The Kier molecular flexibility index (Phi) is 2.79. The third-order valence-electron chi connectivity index (χ3n) is 2.78. The summed E-state index contributed by atoms with van der Waals surface area (Å²) in [5.41, 5.74) is 5.78. The Morgan fingerprint density at radius 3 is 2.29 bits per heavy atom. The molecule has 2 fully saturated rings. The van der Waals surface area contributed by atoms with Crippen molar-refractivity contribution in [2.24, 2.45) is 5.73 Å². The van der Waals surface area contributed by atoms with Crippen molar-refractivity contribution in [2.75, 3.05) is 0 Å². The summed E-state index contributed by atoms with van der Waals surface area (Å²) in [6.45, 7) is 0. The molecular formula is C8H17N3O2S. The van der Waals surface area contributed by atoms with Crippen LogP contribution in [0.1, 0.15) is 32.1 Å². The van der Waals surface area contributed by atoms with Crippen molar-refractivity contribution in [1.82, 2.24) is 9.44 Å². The average Bonchev–Trinajstić information content (AvgIpc) is 2.77. The monoisotopic (exact) mass is 219 g/mol. The topological polar surface area (TPSA) is 84.2 Å². The van der Waals surface area contributed by atoms with Gasteiger partial charge in [0.05, 0.1) is 0 Å². The number of hydrogen-bond donors (Lipinski definition) is 3. The van der Waals surface area contributed by atoms with E-state index in [-0.39, 0.29) is 18.1 Å². The zero-order valence-electron chi connectivity index (χ0n) is 8.07. The van der Waals surface area contributed by atoms with Crippen LogP contribution in [0.4, 0.5) is 0 Å². The van der Waals surface area contributed by atoms with Crippen LogP contribution >= 0.6 is 0 Å². The summed E-state index contributed by atoms with van der Waals surface area (Å²) in [5, 5.41) is 0. The van der Waals surface area contributed by atoms with Crippen LogP contribution in [0.15, 0.2) is 0 Å². The summed E-state index contributed by atoms with van der Waals surface area (Å²) in [6.07, 6.45) is 4.69. The average molecular weight is 219 g/mol. The van der Waals surface area contributed by atoms with E-state index in [9.17, 15) is 8.42 Å². The summed E-state index contributed by atoms with van der Waals surface area (Å²) < 4.78 is 28.2. The number of nitrogens with two attached hydrogens (primary N) is 1. The maximum Gasteiger partial charge on any atom is 0.277 e. The van der Waals surface area contributed by atoms with Crippen LogP contribution in [0.2, 0.25) is 0 Å². The maximum atomic E-state index is 11.5. The molecule has 2 aliphatic carbocycles. The molecule has 0 heterocycles. The van der Waals surface area contributed by atoms with E-state index < -0.39 is 10.2 Å². The quantitative estimate of drug-likeness (QED) is 0.593. The largest absolute Gasteiger partial charge is 0.326 e. The highest BCUT2D eigenvalue weighted by Crippen LogP contribution is 2.21. The molecule has 5 nitrogen and oxygen atoms in total. The number of nitrogens with one attached hydrogen (secondary N) is 2. The van der Waals surface area contributed by atoms with E-state index in [1.54, 1.807) is 0 Å². The lowest BCUT2D eigenvalue weighted by atomic mass is 10.2. The molecular weight excluding hydrogens is 202 g/mol. The molecule has 0 aliphatic heterocycles. The molecule has 2 rings (SSSR count). The van der Waals surface area contributed by atoms with Crippen LogP contribution in [-0.2, 0) is 10.2 Å². The summed E-state index contributed by atoms with van der Waals surface area (Å²) in [7, 11) is -3.31. The summed E-state index contributed by atoms with van der Waals surface area (Å²) in [4.78, 5) is 0. The van der Waals surface area contributed by atoms with Crippen LogP contribution < -0.4 is 15.2 Å². The third kappa shape index (κ3) is 2.66. The SMILES string of the molecule is NC1CCCC1NS(=O)(=O)NC1CC1. The van der Waals surface area contributed by atoms with E-state index in [0.717, 1.165) is 32.1 Å². The molecule has 0 radical (unpaired) electrons. The summed E-state index contributed by atoms with van der Waals surface area (Å²) >= 11 is 0. The molecule has 0 aromatic rings. The molecule has 0 bridgehead atoms. The van der Waals surface area contributed by atoms with Gasteiger partial charge in [0.1, 0.15) is 0 Å². The first-order valence-corrected chi connectivity index (χ1v) is 6.60. The van der Waals surface area contributed by atoms with Crippen molar-refractivity contribution in [3.8, 4) is 0 Å². The minimum Gasteiger partial charge on any atom is -0.326 e. The van der Waals surface area contributed by atoms with Crippen LogP contribution in [-0.4, -0.2) is 26.5 Å². The van der Waals surface area contributed by atoms with Gasteiger partial charge in [0.2, 0.25) is 0 Å². The second-order valence-electron chi connectivity index (χ2n) is 4.21. The first-order chi connectivity index (χ1) is 6.57. The summed E-state index contributed by atoms with van der Waals surface area (Å²) in [6, 6.07) is 0.0576. The molecule has 14 heavy (non-hydrogen) atoms. The van der Waals surface area contributed by atoms with Crippen LogP contribution in [0.25, 0.3) is 0 Å². The van der Waals surface area contributed by atoms with Gasteiger partial charge in [-0.05, 0) is 25.7 Å². The molecule has 6 heteroatoms. The van der Waals surface area contributed by atoms with Gasteiger partial charge in [0, 0.05) is 18.1 Å². The van der Waals surface area contributed by atoms with Gasteiger partial charge in [-0.25, -0.2) is 0 Å². The predicted molar refractivity (Wildman–Crippen MR) is 53.8 cm³/mol. The Morgan fingerprint density at radius 1 is 1.07 bits per heavy atom. The Hall–Kier alpha value is -0.170. The molecule has 0 aromatic heterocycles. The molecule has 82 valence electrons. The predicted octanol–water partition coefficient (Wildman–Crippen LogP) is -0.547. The lowest BCUT2D eigenvalue weighted by Gasteiger charge is -2.17. The second-order valence-corrected chi connectivity index (χ2v) is 5.69. The van der Waals surface area contributed by atoms with Crippen molar-refractivity contribution < 1.29 is 8.42 Å². The minimum absolute atomic E-state index is 0.0224. The van der Waals surface area contributed by atoms with Gasteiger partial charge < -0.3 is 5.73 Å². The van der Waals surface area contributed by atoms with E-state index in [4.69, 9.17) is 5.73 Å². The van der Waals surface area contributed by atoms with Crippen molar-refractivity contribution >= 4 is 10.2 Å². The van der Waals surface area contributed by atoms with Gasteiger partial charge in [-0.3, -0.25) is 0 Å². The van der Waals surface area contributed by atoms with Gasteiger partial charge in [-0.15, -0.1) is 0 Å². The molecule has 2 aliphatic rings. The maximum absolute atomic E-state index is 11.5. The van der Waals surface area contributed by atoms with Gasteiger partial charge in [-0.1, -0.05) is 6.42 Å². The van der Waals surface area contributed by atoms with Crippen LogP contribution in [0, 0.1) is 0 Å². The third-order valence-corrected chi connectivity index (χ3v) is 4.03. The standard InChI is InChI=1S/C8H17N3O2S/c9-7-2-1-3-8(7)11-14(12,13)10-6-4-5-6/h6-8,10-11H,1-5,9H2. The highest BCUT2D eigenvalue weighted by molar-refractivity contribution is 7.87. The van der Waals surface area contributed by atoms with Crippen molar-refractivity contribution in [3.63, 3.8) is 0 Å². The first kappa shape index (κ1) is 10.4. The fraction of sp³-hybridized carbons (Fsp3) is 1.00. The second kappa shape index (κ2) is 3.77. The smallest absolute Gasteiger partial charge is 0.277 e. The highest BCUT2D eigenvalue weighted by atomic mass is 32.2. The fourth-order valence-electron chi connectivity index (χ4n) is 1.79. The zero-order valence-corrected chi connectivity index (χ0v) is 8.89. The van der Waals surface area contributed by atoms with Crippen LogP contribution in [0.5, 0.6) is 0 Å². The van der Waals surface area contributed by atoms with E-state index in [1.807, 2.05) is 0 Å². The first-order valence-electron chi connectivity index (χ1n) is 5.12. The van der Waals surface area contributed by atoms with E-state index in [0.29, 0.717) is 0 Å². The fourth-order valence-corrected chi connectivity index (χ4v) is 3.22. The Morgan fingerprint density at radius 2 is 1.79 bits per heavy atom. The Labute approximate surface area is 84.6 Å². The number of rotatable bonds is 4. The van der Waals surface area contributed by atoms with Crippen molar-refractivity contribution in [3.05, 3.63) is 0 Å².